The molecule has 0 spiro atoms. The number of halogens is 3. The van der Waals surface area contributed by atoms with Crippen LogP contribution in [0, 0.1) is 5.92 Å². The predicted octanol–water partition coefficient (Wildman–Crippen LogP) is 2.64. The molecule has 0 bridgehead atoms. The maximum atomic E-state index is 13.6. The van der Waals surface area contributed by atoms with Gasteiger partial charge in [-0.15, -0.1) is 11.3 Å². The lowest BCUT2D eigenvalue weighted by Gasteiger charge is -2.30. The van der Waals surface area contributed by atoms with Gasteiger partial charge in [-0.3, -0.25) is 9.79 Å². The van der Waals surface area contributed by atoms with Gasteiger partial charge in [0.2, 0.25) is 5.91 Å². The number of aliphatic imine (C=N–C) groups is 1. The van der Waals surface area contributed by atoms with Crippen LogP contribution in [0.1, 0.15) is 11.3 Å². The Morgan fingerprint density at radius 1 is 1.34 bits per heavy atom. The number of hydrogen-bond donors (Lipinski definition) is 1. The van der Waals surface area contributed by atoms with Crippen molar-refractivity contribution in [1.29, 1.82) is 0 Å². The molecule has 1 amide bonds. The maximum absolute atomic E-state index is 13.6. The molecule has 4 rings (SSSR count). The molecule has 2 aromatic rings. The zero-order chi connectivity index (χ0) is 20.4. The number of nitrogens with zero attached hydrogens (tertiary/aromatic N) is 5. The second kappa shape index (κ2) is 7.82. The first kappa shape index (κ1) is 19.4. The first-order chi connectivity index (χ1) is 13.9. The first-order valence-corrected chi connectivity index (χ1v) is 9.79. The maximum Gasteiger partial charge on any atom is 0.433 e. The quantitative estimate of drug-likeness (QED) is 0.728. The van der Waals surface area contributed by atoms with E-state index in [9.17, 15) is 18.0 Å². The van der Waals surface area contributed by atoms with Crippen LogP contribution >= 0.6 is 11.3 Å². The fraction of sp³-hybridized carbons (Fsp3) is 0.333. The molecule has 0 radical (unpaired) electrons. The summed E-state index contributed by atoms with van der Waals surface area (Å²) in [6.45, 7) is 1.06. The minimum atomic E-state index is -4.61. The van der Waals surface area contributed by atoms with Gasteiger partial charge in [-0.2, -0.15) is 18.3 Å². The molecule has 0 aromatic carbocycles. The molecule has 0 fully saturated rings. The van der Waals surface area contributed by atoms with Crippen molar-refractivity contribution in [3.63, 3.8) is 0 Å². The molecule has 11 heteroatoms. The van der Waals surface area contributed by atoms with E-state index in [1.807, 2.05) is 10.8 Å². The second-order valence-corrected chi connectivity index (χ2v) is 7.46. The van der Waals surface area contributed by atoms with Gasteiger partial charge in [-0.25, -0.2) is 9.99 Å². The molecule has 0 saturated carbocycles. The van der Waals surface area contributed by atoms with Crippen molar-refractivity contribution in [3.8, 4) is 0 Å². The van der Waals surface area contributed by atoms with Gasteiger partial charge in [-0.1, -0.05) is 6.07 Å². The van der Waals surface area contributed by atoms with Crippen molar-refractivity contribution >= 4 is 29.2 Å². The van der Waals surface area contributed by atoms with Crippen LogP contribution < -0.4 is 5.32 Å². The van der Waals surface area contributed by atoms with Gasteiger partial charge in [0.1, 0.15) is 11.6 Å². The van der Waals surface area contributed by atoms with E-state index in [4.69, 9.17) is 0 Å². The average molecular weight is 422 g/mol. The number of alkyl halides is 3. The molecule has 0 saturated heterocycles. The van der Waals surface area contributed by atoms with Gasteiger partial charge in [0.05, 0.1) is 16.9 Å². The van der Waals surface area contributed by atoms with E-state index in [0.717, 1.165) is 11.1 Å². The number of carbonyl (C=O) groups is 1. The molecule has 7 nitrogen and oxygen atoms in total. The smallest absolute Gasteiger partial charge is 0.355 e. The van der Waals surface area contributed by atoms with E-state index in [-0.39, 0.29) is 5.71 Å². The van der Waals surface area contributed by atoms with Gasteiger partial charge in [-0.05, 0) is 23.9 Å². The van der Waals surface area contributed by atoms with Gasteiger partial charge in [0, 0.05) is 31.7 Å². The SMILES string of the molecule is O=C(NCCCn1ccnc1)C1C=NN2C(C(F)(F)F)=CC(c3cccs3)=NC12. The summed E-state index contributed by atoms with van der Waals surface area (Å²) in [7, 11) is 0. The number of aryl methyl sites for hydroxylation is 1. The van der Waals surface area contributed by atoms with Crippen molar-refractivity contribution in [2.24, 2.45) is 16.0 Å². The third-order valence-electron chi connectivity index (χ3n) is 4.53. The molecule has 2 aliphatic rings. The Kier molecular flexibility index (Phi) is 5.22. The summed E-state index contributed by atoms with van der Waals surface area (Å²) in [6, 6.07) is 3.44. The Labute approximate surface area is 168 Å². The Morgan fingerprint density at radius 2 is 2.21 bits per heavy atom. The number of rotatable bonds is 6. The molecule has 2 atom stereocenters. The largest absolute Gasteiger partial charge is 0.433 e. The monoisotopic (exact) mass is 422 g/mol. The lowest BCUT2D eigenvalue weighted by Crippen LogP contribution is -2.44. The van der Waals surface area contributed by atoms with Crippen LogP contribution in [0.3, 0.4) is 0 Å². The molecule has 2 unspecified atom stereocenters. The van der Waals surface area contributed by atoms with Gasteiger partial charge >= 0.3 is 6.18 Å². The van der Waals surface area contributed by atoms with Gasteiger partial charge in [0.15, 0.2) is 6.17 Å². The van der Waals surface area contributed by atoms with E-state index < -0.39 is 29.9 Å². The summed E-state index contributed by atoms with van der Waals surface area (Å²) in [5.41, 5.74) is -0.718. The minimum Gasteiger partial charge on any atom is -0.355 e. The van der Waals surface area contributed by atoms with E-state index in [0.29, 0.717) is 24.4 Å². The van der Waals surface area contributed by atoms with Crippen molar-refractivity contribution in [1.82, 2.24) is 19.9 Å². The predicted molar refractivity (Wildman–Crippen MR) is 102 cm³/mol. The highest BCUT2D eigenvalue weighted by Crippen LogP contribution is 2.37. The van der Waals surface area contributed by atoms with E-state index in [1.165, 1.54) is 17.6 Å². The van der Waals surface area contributed by atoms with E-state index in [1.54, 1.807) is 30.0 Å². The summed E-state index contributed by atoms with van der Waals surface area (Å²) in [5.74, 6) is -1.30. The van der Waals surface area contributed by atoms with Crippen LogP contribution in [0.25, 0.3) is 0 Å². The van der Waals surface area contributed by atoms with Crippen LogP contribution in [-0.4, -0.2) is 51.3 Å². The summed E-state index contributed by atoms with van der Waals surface area (Å²) in [6.07, 6.45) is 2.38. The van der Waals surface area contributed by atoms with Crippen LogP contribution in [0.2, 0.25) is 0 Å². The molecule has 0 aliphatic carbocycles. The fourth-order valence-corrected chi connectivity index (χ4v) is 3.83. The van der Waals surface area contributed by atoms with Crippen LogP contribution in [-0.2, 0) is 11.3 Å². The highest BCUT2D eigenvalue weighted by molar-refractivity contribution is 7.12. The van der Waals surface area contributed by atoms with Crippen molar-refractivity contribution < 1.29 is 18.0 Å². The topological polar surface area (TPSA) is 74.9 Å². The number of fused-ring (bicyclic) bond motifs is 1. The number of hydrazone groups is 1. The number of allylic oxidation sites excluding steroid dienone is 2. The molecule has 2 aliphatic heterocycles. The number of imidazole rings is 1. The minimum absolute atomic E-state index is 0.206. The number of carbonyl (C=O) groups excluding carboxylic acids is 1. The van der Waals surface area contributed by atoms with E-state index >= 15 is 0 Å². The van der Waals surface area contributed by atoms with Crippen molar-refractivity contribution in [3.05, 3.63) is 52.9 Å². The average Bonchev–Trinajstić information content (AvgIpc) is 3.45. The molecule has 1 N–H and O–H groups in total. The lowest BCUT2D eigenvalue weighted by molar-refractivity contribution is -0.127. The summed E-state index contributed by atoms with van der Waals surface area (Å²) >= 11 is 1.29. The Balaban J connectivity index is 1.47. The van der Waals surface area contributed by atoms with Crippen LogP contribution in [0.15, 0.2) is 58.1 Å². The molecule has 2 aromatic heterocycles. The van der Waals surface area contributed by atoms with Crippen LogP contribution in [0.4, 0.5) is 13.2 Å². The fourth-order valence-electron chi connectivity index (χ4n) is 3.14. The Morgan fingerprint density at radius 3 is 2.90 bits per heavy atom. The first-order valence-electron chi connectivity index (χ1n) is 8.91. The second-order valence-electron chi connectivity index (χ2n) is 6.51. The van der Waals surface area contributed by atoms with Gasteiger partial charge in [0.25, 0.3) is 0 Å². The van der Waals surface area contributed by atoms with Crippen molar-refractivity contribution in [2.45, 2.75) is 25.3 Å². The molecule has 4 heterocycles. The molecule has 152 valence electrons. The highest BCUT2D eigenvalue weighted by Gasteiger charge is 2.48. The molecule has 29 heavy (non-hydrogen) atoms. The highest BCUT2D eigenvalue weighted by atomic mass is 32.1. The third-order valence-corrected chi connectivity index (χ3v) is 5.43. The van der Waals surface area contributed by atoms with Gasteiger partial charge < -0.3 is 9.88 Å². The van der Waals surface area contributed by atoms with Crippen molar-refractivity contribution in [2.75, 3.05) is 6.54 Å². The third kappa shape index (κ3) is 4.09. The number of amides is 1. The summed E-state index contributed by atoms with van der Waals surface area (Å²) < 4.78 is 42.6. The summed E-state index contributed by atoms with van der Waals surface area (Å²) in [5, 5.41) is 9.15. The molecular weight excluding hydrogens is 405 g/mol. The number of thiophene rings is 1. The number of aromatic nitrogens is 2. The van der Waals surface area contributed by atoms with E-state index in [2.05, 4.69) is 20.4 Å². The Hall–Kier alpha value is -2.95. The number of nitrogens with one attached hydrogen (secondary N) is 1. The Bertz CT molecular complexity index is 949. The normalized spacial score (nSPS) is 21.0. The number of hydrogen-bond acceptors (Lipinski definition) is 6. The van der Waals surface area contributed by atoms with Crippen LogP contribution in [0.5, 0.6) is 0 Å². The summed E-state index contributed by atoms with van der Waals surface area (Å²) in [4.78, 5) is 21.5. The zero-order valence-corrected chi connectivity index (χ0v) is 15.9. The standard InChI is InChI=1S/C18H17F3N6OS/c19-18(20,21)15-9-13(14-3-1-8-29-14)25-16-12(10-24-27(15)16)17(28)23-4-2-6-26-7-5-22-11-26/h1,3,5,7-12,16H,2,4,6H2,(H,23,28). The zero-order valence-electron chi connectivity index (χ0n) is 15.1. The molecular formula is C18H17F3N6OS. The lowest BCUT2D eigenvalue weighted by atomic mass is 10.0.